The SMILES string of the molecule is CC(=O)NN(c1ccccc1)S(=O)(=O)O. The molecule has 1 amide bonds. The molecule has 1 rings (SSSR count). The number of benzene rings is 1. The van der Waals surface area contributed by atoms with Crippen LogP contribution in [-0.4, -0.2) is 18.9 Å². The molecule has 15 heavy (non-hydrogen) atoms. The summed E-state index contributed by atoms with van der Waals surface area (Å²) in [5, 5.41) is 0. The molecule has 0 saturated heterocycles. The molecular weight excluding hydrogens is 220 g/mol. The van der Waals surface area contributed by atoms with Crippen LogP contribution in [0.4, 0.5) is 5.69 Å². The zero-order chi connectivity index (χ0) is 11.5. The predicted octanol–water partition coefficient (Wildman–Crippen LogP) is 0.347. The average molecular weight is 230 g/mol. The summed E-state index contributed by atoms with van der Waals surface area (Å²) in [5.41, 5.74) is 2.14. The van der Waals surface area contributed by atoms with Gasteiger partial charge < -0.3 is 0 Å². The minimum absolute atomic E-state index is 0.148. The Kier molecular flexibility index (Phi) is 3.28. The van der Waals surface area contributed by atoms with Crippen LogP contribution >= 0.6 is 0 Å². The fourth-order valence-corrected chi connectivity index (χ4v) is 1.59. The van der Waals surface area contributed by atoms with Crippen molar-refractivity contribution in [2.45, 2.75) is 6.92 Å². The van der Waals surface area contributed by atoms with E-state index in [2.05, 4.69) is 0 Å². The highest BCUT2D eigenvalue weighted by Gasteiger charge is 2.20. The van der Waals surface area contributed by atoms with Crippen LogP contribution in [0.1, 0.15) is 6.92 Å². The second-order valence-electron chi connectivity index (χ2n) is 2.75. The molecule has 1 aromatic rings. The molecule has 6 nitrogen and oxygen atoms in total. The number of hydrogen-bond donors (Lipinski definition) is 2. The topological polar surface area (TPSA) is 86.7 Å². The zero-order valence-corrected chi connectivity index (χ0v) is 8.73. The number of nitrogens with zero attached hydrogens (tertiary/aromatic N) is 1. The third-order valence-electron chi connectivity index (χ3n) is 1.48. The van der Waals surface area contributed by atoms with Crippen LogP contribution in [-0.2, 0) is 15.1 Å². The second-order valence-corrected chi connectivity index (χ2v) is 4.01. The summed E-state index contributed by atoms with van der Waals surface area (Å²) in [5.74, 6) is -0.600. The maximum atomic E-state index is 10.9. The minimum Gasteiger partial charge on any atom is -0.274 e. The standard InChI is InChI=1S/C8H10N2O4S/c1-7(11)9-10(15(12,13)14)8-5-3-2-4-6-8/h2-6H,1H3,(H,9,11)(H,12,13,14). The molecular formula is C8H10N2O4S. The van der Waals surface area contributed by atoms with Gasteiger partial charge in [-0.15, -0.1) is 0 Å². The third kappa shape index (κ3) is 3.22. The van der Waals surface area contributed by atoms with Gasteiger partial charge in [-0.25, -0.2) is 0 Å². The zero-order valence-electron chi connectivity index (χ0n) is 7.91. The van der Waals surface area contributed by atoms with Gasteiger partial charge in [0.1, 0.15) is 0 Å². The summed E-state index contributed by atoms with van der Waals surface area (Å²) in [4.78, 5) is 10.7. The van der Waals surface area contributed by atoms with Crippen molar-refractivity contribution < 1.29 is 17.8 Å². The van der Waals surface area contributed by atoms with Crippen molar-refractivity contribution in [2.75, 3.05) is 4.41 Å². The van der Waals surface area contributed by atoms with E-state index >= 15 is 0 Å². The van der Waals surface area contributed by atoms with Gasteiger partial charge in [-0.3, -0.25) is 14.8 Å². The first-order chi connectivity index (χ1) is 6.91. The van der Waals surface area contributed by atoms with Gasteiger partial charge in [0.2, 0.25) is 5.91 Å². The monoisotopic (exact) mass is 230 g/mol. The van der Waals surface area contributed by atoms with Crippen molar-refractivity contribution in [3.8, 4) is 0 Å². The highest BCUT2D eigenvalue weighted by molar-refractivity contribution is 7.87. The van der Waals surface area contributed by atoms with Crippen LogP contribution < -0.4 is 9.84 Å². The second kappa shape index (κ2) is 4.28. The van der Waals surface area contributed by atoms with Crippen LogP contribution in [0.3, 0.4) is 0 Å². The number of carbonyl (C=O) groups is 1. The van der Waals surface area contributed by atoms with Crippen molar-refractivity contribution in [3.63, 3.8) is 0 Å². The number of hydrogen-bond acceptors (Lipinski definition) is 3. The lowest BCUT2D eigenvalue weighted by Crippen LogP contribution is -2.45. The molecule has 0 aromatic heterocycles. The highest BCUT2D eigenvalue weighted by atomic mass is 32.2. The molecule has 0 fully saturated rings. The smallest absolute Gasteiger partial charge is 0.274 e. The maximum absolute atomic E-state index is 10.9. The van der Waals surface area contributed by atoms with Crippen LogP contribution in [0, 0.1) is 0 Å². The van der Waals surface area contributed by atoms with Gasteiger partial charge >= 0.3 is 10.3 Å². The number of anilines is 1. The van der Waals surface area contributed by atoms with Gasteiger partial charge in [0, 0.05) is 6.92 Å². The summed E-state index contributed by atoms with van der Waals surface area (Å²) in [6.45, 7) is 1.14. The first-order valence-corrected chi connectivity index (χ1v) is 5.41. The molecule has 0 unspecified atom stereocenters. The Balaban J connectivity index is 3.08. The Morgan fingerprint density at radius 1 is 1.33 bits per heavy atom. The van der Waals surface area contributed by atoms with E-state index in [1.165, 1.54) is 12.1 Å². The molecule has 1 aromatic carbocycles. The normalized spacial score (nSPS) is 10.8. The molecule has 0 aliphatic heterocycles. The fraction of sp³-hybridized carbons (Fsp3) is 0.125. The molecule has 0 spiro atoms. The Hall–Kier alpha value is -1.60. The van der Waals surface area contributed by atoms with Crippen molar-refractivity contribution in [1.82, 2.24) is 5.43 Å². The summed E-state index contributed by atoms with van der Waals surface area (Å²) >= 11 is 0. The van der Waals surface area contributed by atoms with Crippen LogP contribution in [0.15, 0.2) is 30.3 Å². The van der Waals surface area contributed by atoms with E-state index in [0.717, 1.165) is 6.92 Å². The van der Waals surface area contributed by atoms with Crippen molar-refractivity contribution in [2.24, 2.45) is 0 Å². The van der Waals surface area contributed by atoms with Crippen molar-refractivity contribution in [3.05, 3.63) is 30.3 Å². The Morgan fingerprint density at radius 2 is 1.87 bits per heavy atom. The Morgan fingerprint density at radius 3 is 2.27 bits per heavy atom. The lowest BCUT2D eigenvalue weighted by Gasteiger charge is -2.20. The average Bonchev–Trinajstić information content (AvgIpc) is 2.14. The van der Waals surface area contributed by atoms with Crippen molar-refractivity contribution in [1.29, 1.82) is 0 Å². The van der Waals surface area contributed by atoms with Crippen LogP contribution in [0.25, 0.3) is 0 Å². The molecule has 0 heterocycles. The van der Waals surface area contributed by atoms with E-state index in [1.54, 1.807) is 18.2 Å². The third-order valence-corrected chi connectivity index (χ3v) is 2.24. The van der Waals surface area contributed by atoms with E-state index in [4.69, 9.17) is 4.55 Å². The van der Waals surface area contributed by atoms with E-state index in [0.29, 0.717) is 4.41 Å². The lowest BCUT2D eigenvalue weighted by molar-refractivity contribution is -0.118. The van der Waals surface area contributed by atoms with E-state index in [-0.39, 0.29) is 5.69 Å². The maximum Gasteiger partial charge on any atom is 0.377 e. The lowest BCUT2D eigenvalue weighted by atomic mass is 10.3. The van der Waals surface area contributed by atoms with Gasteiger partial charge in [-0.1, -0.05) is 18.2 Å². The van der Waals surface area contributed by atoms with Crippen LogP contribution in [0.2, 0.25) is 0 Å². The summed E-state index contributed by atoms with van der Waals surface area (Å²) in [6, 6.07) is 7.71. The van der Waals surface area contributed by atoms with Gasteiger partial charge in [-0.05, 0) is 12.1 Å². The molecule has 7 heteroatoms. The van der Waals surface area contributed by atoms with Crippen molar-refractivity contribution >= 4 is 21.9 Å². The largest absolute Gasteiger partial charge is 0.377 e. The molecule has 0 atom stereocenters. The van der Waals surface area contributed by atoms with Gasteiger partial charge in [0.05, 0.1) is 5.69 Å². The predicted molar refractivity (Wildman–Crippen MR) is 54.3 cm³/mol. The quantitative estimate of drug-likeness (QED) is 0.579. The molecule has 82 valence electrons. The minimum atomic E-state index is -4.51. The number of rotatable bonds is 3. The van der Waals surface area contributed by atoms with Crippen LogP contribution in [0.5, 0.6) is 0 Å². The van der Waals surface area contributed by atoms with Gasteiger partial charge in [0.25, 0.3) is 0 Å². The summed E-state index contributed by atoms with van der Waals surface area (Å²) in [6.07, 6.45) is 0. The molecule has 0 saturated carbocycles. The Labute approximate surface area is 87.4 Å². The summed E-state index contributed by atoms with van der Waals surface area (Å²) < 4.78 is 31.1. The highest BCUT2D eigenvalue weighted by Crippen LogP contribution is 2.13. The van der Waals surface area contributed by atoms with E-state index in [1.807, 2.05) is 5.43 Å². The fourth-order valence-electron chi connectivity index (χ4n) is 0.962. The molecule has 0 aliphatic rings. The first-order valence-electron chi connectivity index (χ1n) is 4.01. The number of hydrazine groups is 1. The van der Waals surface area contributed by atoms with Gasteiger partial charge in [-0.2, -0.15) is 12.8 Å². The number of carbonyl (C=O) groups excluding carboxylic acids is 1. The first kappa shape index (κ1) is 11.5. The van der Waals surface area contributed by atoms with Gasteiger partial charge in [0.15, 0.2) is 0 Å². The number of para-hydroxylation sites is 1. The van der Waals surface area contributed by atoms with E-state index < -0.39 is 16.2 Å². The molecule has 2 N–H and O–H groups in total. The molecule has 0 aliphatic carbocycles. The van der Waals surface area contributed by atoms with E-state index in [9.17, 15) is 13.2 Å². The number of nitrogens with one attached hydrogen (secondary N) is 1. The number of amides is 1. The summed E-state index contributed by atoms with van der Waals surface area (Å²) in [7, 11) is -4.51. The molecule has 0 radical (unpaired) electrons. The Bertz CT molecular complexity index is 443. The molecule has 0 bridgehead atoms.